The molecule has 0 fully saturated rings. The smallest absolute Gasteiger partial charge is 0.338 e. The molecular weight excluding hydrogens is 482 g/mol. The van der Waals surface area contributed by atoms with Crippen molar-refractivity contribution in [1.29, 1.82) is 0 Å². The van der Waals surface area contributed by atoms with Gasteiger partial charge in [0.15, 0.2) is 12.4 Å². The minimum atomic E-state index is -0.491. The van der Waals surface area contributed by atoms with Gasteiger partial charge in [-0.25, -0.2) is 4.79 Å². The predicted octanol–water partition coefficient (Wildman–Crippen LogP) is 5.92. The Balaban J connectivity index is 1.60. The molecule has 1 heterocycles. The highest BCUT2D eigenvalue weighted by molar-refractivity contribution is 6.32. The van der Waals surface area contributed by atoms with E-state index < -0.39 is 23.9 Å². The van der Waals surface area contributed by atoms with E-state index in [4.69, 9.17) is 25.5 Å². The minimum absolute atomic E-state index is 0.0842. The van der Waals surface area contributed by atoms with Gasteiger partial charge in [-0.2, -0.15) is 0 Å². The van der Waals surface area contributed by atoms with Crippen molar-refractivity contribution in [3.63, 3.8) is 0 Å². The molecule has 1 amide bonds. The van der Waals surface area contributed by atoms with Crippen molar-refractivity contribution in [3.05, 3.63) is 92.6 Å². The number of carbonyl (C=O) groups is 2. The summed E-state index contributed by atoms with van der Waals surface area (Å²) in [6, 6.07) is 16.9. The summed E-state index contributed by atoms with van der Waals surface area (Å²) in [5.41, 5.74) is 3.22. The van der Waals surface area contributed by atoms with Crippen molar-refractivity contribution in [2.24, 2.45) is 0 Å². The van der Waals surface area contributed by atoms with Crippen molar-refractivity contribution in [2.45, 2.75) is 20.8 Å². The van der Waals surface area contributed by atoms with Crippen molar-refractivity contribution < 1.29 is 23.5 Å². The van der Waals surface area contributed by atoms with E-state index in [1.165, 1.54) is 6.07 Å². The van der Waals surface area contributed by atoms with Gasteiger partial charge in [0.2, 0.25) is 11.2 Å². The topological polar surface area (TPSA) is 94.8 Å². The van der Waals surface area contributed by atoms with Crippen molar-refractivity contribution in [3.8, 4) is 17.1 Å². The quantitative estimate of drug-likeness (QED) is 0.313. The Kier molecular flexibility index (Phi) is 7.41. The molecule has 4 rings (SSSR count). The second kappa shape index (κ2) is 10.7. The fraction of sp³-hybridized carbons (Fsp3) is 0.179. The second-order valence-electron chi connectivity index (χ2n) is 8.19. The van der Waals surface area contributed by atoms with Crippen LogP contribution in [0.25, 0.3) is 22.3 Å². The molecule has 0 spiro atoms. The van der Waals surface area contributed by atoms with Gasteiger partial charge in [-0.05, 0) is 62.7 Å². The van der Waals surface area contributed by atoms with Gasteiger partial charge in [-0.1, -0.05) is 41.4 Å². The zero-order valence-electron chi connectivity index (χ0n) is 20.0. The van der Waals surface area contributed by atoms with Gasteiger partial charge < -0.3 is 19.2 Å². The molecule has 0 atom stereocenters. The molecule has 0 saturated heterocycles. The zero-order chi connectivity index (χ0) is 25.8. The third kappa shape index (κ3) is 5.42. The summed E-state index contributed by atoms with van der Waals surface area (Å²) in [5, 5.41) is 3.36. The highest BCUT2D eigenvalue weighted by atomic mass is 35.5. The van der Waals surface area contributed by atoms with Crippen LogP contribution >= 0.6 is 11.6 Å². The molecule has 7 nitrogen and oxygen atoms in total. The summed E-state index contributed by atoms with van der Waals surface area (Å²) >= 11 is 6.24. The first kappa shape index (κ1) is 25.0. The molecular formula is C28H24ClNO6. The lowest BCUT2D eigenvalue weighted by Gasteiger charge is -2.13. The number of halogens is 1. The van der Waals surface area contributed by atoms with Crippen molar-refractivity contribution in [2.75, 3.05) is 18.5 Å². The summed E-state index contributed by atoms with van der Waals surface area (Å²) in [7, 11) is 0. The number of esters is 1. The Hall–Kier alpha value is -4.10. The van der Waals surface area contributed by atoms with Gasteiger partial charge in [-0.15, -0.1) is 0 Å². The third-order valence-electron chi connectivity index (χ3n) is 5.47. The average Bonchev–Trinajstić information content (AvgIpc) is 2.86. The first-order chi connectivity index (χ1) is 17.3. The van der Waals surface area contributed by atoms with Crippen LogP contribution in [0.15, 0.2) is 69.9 Å². The third-order valence-corrected chi connectivity index (χ3v) is 5.88. The standard InChI is InChI=1S/C28H24ClNO6/c1-4-34-28(33)19-9-11-20(12-10-19)30-24(31)15-35-27-25(32)21-14-22(29)17(3)13-23(21)36-26(27)18-7-5-16(2)6-8-18/h5-14H,4,15H2,1-3H3,(H,30,31). The van der Waals surface area contributed by atoms with E-state index in [9.17, 15) is 14.4 Å². The minimum Gasteiger partial charge on any atom is -0.476 e. The van der Waals surface area contributed by atoms with Crippen LogP contribution in [0.2, 0.25) is 5.02 Å². The molecule has 0 saturated carbocycles. The summed E-state index contributed by atoms with van der Waals surface area (Å²) in [6.07, 6.45) is 0. The van der Waals surface area contributed by atoms with E-state index >= 15 is 0 Å². The number of amides is 1. The van der Waals surface area contributed by atoms with Gasteiger partial charge >= 0.3 is 5.97 Å². The van der Waals surface area contributed by atoms with E-state index in [1.807, 2.05) is 38.1 Å². The lowest BCUT2D eigenvalue weighted by atomic mass is 10.1. The van der Waals surface area contributed by atoms with Crippen LogP contribution in [-0.2, 0) is 9.53 Å². The molecule has 1 N–H and O–H groups in total. The summed E-state index contributed by atoms with van der Waals surface area (Å²) in [4.78, 5) is 37.7. The van der Waals surface area contributed by atoms with E-state index in [0.717, 1.165) is 11.1 Å². The summed E-state index contributed by atoms with van der Waals surface area (Å²) in [5.74, 6) is -0.796. The Labute approximate surface area is 212 Å². The normalized spacial score (nSPS) is 10.8. The number of fused-ring (bicyclic) bond motifs is 1. The van der Waals surface area contributed by atoms with E-state index in [-0.39, 0.29) is 23.5 Å². The number of ether oxygens (including phenoxy) is 2. The Morgan fingerprint density at radius 3 is 2.36 bits per heavy atom. The van der Waals surface area contributed by atoms with Crippen LogP contribution in [0.4, 0.5) is 5.69 Å². The molecule has 1 aromatic heterocycles. The molecule has 184 valence electrons. The summed E-state index contributed by atoms with van der Waals surface area (Å²) < 4.78 is 16.8. The molecule has 4 aromatic rings. The molecule has 36 heavy (non-hydrogen) atoms. The number of aryl methyl sites for hydroxylation is 2. The van der Waals surface area contributed by atoms with Crippen LogP contribution < -0.4 is 15.5 Å². The molecule has 0 radical (unpaired) electrons. The number of nitrogens with one attached hydrogen (secondary N) is 1. The SMILES string of the molecule is CCOC(=O)c1ccc(NC(=O)COc2c(-c3ccc(C)cc3)oc3cc(C)c(Cl)cc3c2=O)cc1. The molecule has 3 aromatic carbocycles. The fourth-order valence-corrected chi connectivity index (χ4v) is 3.73. The van der Waals surface area contributed by atoms with Crippen LogP contribution in [0.5, 0.6) is 5.75 Å². The maximum atomic E-state index is 13.4. The predicted molar refractivity (Wildman–Crippen MR) is 139 cm³/mol. The number of anilines is 1. The largest absolute Gasteiger partial charge is 0.476 e. The lowest BCUT2D eigenvalue weighted by molar-refractivity contribution is -0.118. The molecule has 8 heteroatoms. The van der Waals surface area contributed by atoms with Crippen LogP contribution in [0.1, 0.15) is 28.4 Å². The highest BCUT2D eigenvalue weighted by Crippen LogP contribution is 2.33. The van der Waals surface area contributed by atoms with Crippen molar-refractivity contribution in [1.82, 2.24) is 0 Å². The second-order valence-corrected chi connectivity index (χ2v) is 8.59. The fourth-order valence-electron chi connectivity index (χ4n) is 3.56. The lowest BCUT2D eigenvalue weighted by Crippen LogP contribution is -2.22. The highest BCUT2D eigenvalue weighted by Gasteiger charge is 2.20. The van der Waals surface area contributed by atoms with Crippen molar-refractivity contribution >= 4 is 40.1 Å². The Morgan fingerprint density at radius 1 is 1.00 bits per heavy atom. The maximum absolute atomic E-state index is 13.4. The monoisotopic (exact) mass is 505 g/mol. The number of carbonyl (C=O) groups excluding carboxylic acids is 2. The Morgan fingerprint density at radius 2 is 1.69 bits per heavy atom. The molecule has 0 aliphatic rings. The molecule has 0 bridgehead atoms. The van der Waals surface area contributed by atoms with Gasteiger partial charge in [0.25, 0.3) is 5.91 Å². The zero-order valence-corrected chi connectivity index (χ0v) is 20.8. The number of rotatable bonds is 7. The first-order valence-electron chi connectivity index (χ1n) is 11.3. The first-order valence-corrected chi connectivity index (χ1v) is 11.7. The summed E-state index contributed by atoms with van der Waals surface area (Å²) in [6.45, 7) is 5.33. The number of hydrogen-bond acceptors (Lipinski definition) is 6. The van der Waals surface area contributed by atoms with Gasteiger partial charge in [-0.3, -0.25) is 9.59 Å². The maximum Gasteiger partial charge on any atom is 0.338 e. The number of hydrogen-bond donors (Lipinski definition) is 1. The van der Waals surface area contributed by atoms with E-state index in [0.29, 0.717) is 27.4 Å². The molecule has 0 aliphatic carbocycles. The van der Waals surface area contributed by atoms with E-state index in [1.54, 1.807) is 37.3 Å². The van der Waals surface area contributed by atoms with Crippen LogP contribution in [0, 0.1) is 13.8 Å². The average molecular weight is 506 g/mol. The number of benzene rings is 3. The van der Waals surface area contributed by atoms with Crippen LogP contribution in [-0.4, -0.2) is 25.1 Å². The molecule has 0 unspecified atom stereocenters. The molecule has 0 aliphatic heterocycles. The van der Waals surface area contributed by atoms with Crippen LogP contribution in [0.3, 0.4) is 0 Å². The van der Waals surface area contributed by atoms with E-state index in [2.05, 4.69) is 5.32 Å². The van der Waals surface area contributed by atoms with Gasteiger partial charge in [0.1, 0.15) is 5.58 Å². The Bertz CT molecular complexity index is 1490. The van der Waals surface area contributed by atoms with Gasteiger partial charge in [0.05, 0.1) is 17.6 Å². The van der Waals surface area contributed by atoms with Gasteiger partial charge in [0, 0.05) is 16.3 Å².